The van der Waals surface area contributed by atoms with Crippen molar-refractivity contribution in [1.29, 1.82) is 0 Å². The van der Waals surface area contributed by atoms with E-state index in [2.05, 4.69) is 215 Å². The molecule has 3 nitrogen and oxygen atoms in total. The molecule has 0 aliphatic rings. The van der Waals surface area contributed by atoms with Gasteiger partial charge in [-0.2, -0.15) is 0 Å². The molecule has 0 aliphatic heterocycles. The van der Waals surface area contributed by atoms with E-state index < -0.39 is 0 Å². The highest BCUT2D eigenvalue weighted by Crippen LogP contribution is 2.46. The summed E-state index contributed by atoms with van der Waals surface area (Å²) >= 11 is 0. The Balaban J connectivity index is 1.15. The topological polar surface area (TPSA) is 23.0 Å². The molecule has 9 aromatic carbocycles. The summed E-state index contributed by atoms with van der Waals surface area (Å²) in [5, 5.41) is 7.15. The number of aromatic nitrogens is 2. The smallest absolute Gasteiger partial charge is 0.138 e. The van der Waals surface area contributed by atoms with Gasteiger partial charge in [0, 0.05) is 32.6 Å². The van der Waals surface area contributed by atoms with E-state index in [-0.39, 0.29) is 0 Å². The zero-order valence-corrected chi connectivity index (χ0v) is 30.9. The van der Waals surface area contributed by atoms with Crippen molar-refractivity contribution in [2.75, 3.05) is 0 Å². The molecule has 0 amide bonds. The molecule has 266 valence electrons. The van der Waals surface area contributed by atoms with Gasteiger partial charge in [-0.15, -0.1) is 0 Å². The van der Waals surface area contributed by atoms with Crippen molar-refractivity contribution >= 4 is 65.6 Å². The highest BCUT2D eigenvalue weighted by Gasteiger charge is 2.23. The lowest BCUT2D eigenvalue weighted by molar-refractivity contribution is 0.669. The summed E-state index contributed by atoms with van der Waals surface area (Å²) in [6.45, 7) is 0. The number of para-hydroxylation sites is 4. The first kappa shape index (κ1) is 31.7. The van der Waals surface area contributed by atoms with Crippen molar-refractivity contribution < 1.29 is 4.42 Å². The van der Waals surface area contributed by atoms with Crippen LogP contribution in [0.5, 0.6) is 0 Å². The van der Waals surface area contributed by atoms with Crippen LogP contribution in [0.3, 0.4) is 0 Å². The molecular weight excluding hydrogens is 693 g/mol. The second-order valence-electron chi connectivity index (χ2n) is 14.9. The summed E-state index contributed by atoms with van der Waals surface area (Å²) in [6.07, 6.45) is 0. The van der Waals surface area contributed by atoms with Gasteiger partial charge in [-0.05, 0) is 88.0 Å². The van der Waals surface area contributed by atoms with Gasteiger partial charge in [-0.3, -0.25) is 0 Å². The van der Waals surface area contributed by atoms with Crippen LogP contribution in [-0.2, 0) is 0 Å². The van der Waals surface area contributed by atoms with Gasteiger partial charge in [0.1, 0.15) is 11.2 Å². The molecule has 0 unspecified atom stereocenters. The Morgan fingerprint density at radius 2 is 0.789 bits per heavy atom. The zero-order chi connectivity index (χ0) is 37.5. The highest BCUT2D eigenvalue weighted by atomic mass is 16.3. The minimum Gasteiger partial charge on any atom is -0.456 e. The van der Waals surface area contributed by atoms with Gasteiger partial charge in [0.25, 0.3) is 0 Å². The van der Waals surface area contributed by atoms with Crippen molar-refractivity contribution in [1.82, 2.24) is 9.13 Å². The average molecular weight is 727 g/mol. The molecule has 57 heavy (non-hydrogen) atoms. The fourth-order valence-corrected chi connectivity index (χ4v) is 9.26. The first-order valence-electron chi connectivity index (χ1n) is 19.5. The molecule has 0 atom stereocenters. The largest absolute Gasteiger partial charge is 0.456 e. The van der Waals surface area contributed by atoms with E-state index in [1.165, 1.54) is 54.8 Å². The van der Waals surface area contributed by atoms with Gasteiger partial charge < -0.3 is 13.6 Å². The third-order valence-electron chi connectivity index (χ3n) is 11.7. The van der Waals surface area contributed by atoms with Crippen molar-refractivity contribution in [3.8, 4) is 44.8 Å². The monoisotopic (exact) mass is 726 g/mol. The first-order valence-corrected chi connectivity index (χ1v) is 19.5. The lowest BCUT2D eigenvalue weighted by atomic mass is 9.95. The molecule has 12 rings (SSSR count). The number of hydrogen-bond acceptors (Lipinski definition) is 1. The Bertz CT molecular complexity index is 3490. The van der Waals surface area contributed by atoms with Crippen molar-refractivity contribution in [3.63, 3.8) is 0 Å². The molecule has 0 bridgehead atoms. The molecule has 3 heteroatoms. The van der Waals surface area contributed by atoms with Gasteiger partial charge in [-0.1, -0.05) is 152 Å². The quantitative estimate of drug-likeness (QED) is 0.173. The van der Waals surface area contributed by atoms with Crippen molar-refractivity contribution in [2.24, 2.45) is 0 Å². The van der Waals surface area contributed by atoms with E-state index in [0.717, 1.165) is 55.5 Å². The molecule has 0 spiro atoms. The Morgan fingerprint density at radius 3 is 1.46 bits per heavy atom. The Hall–Kier alpha value is -7.62. The lowest BCUT2D eigenvalue weighted by Gasteiger charge is -2.13. The van der Waals surface area contributed by atoms with Crippen LogP contribution >= 0.6 is 0 Å². The molecule has 0 saturated carbocycles. The number of nitrogens with zero attached hydrogens (tertiary/aromatic N) is 2. The second-order valence-corrected chi connectivity index (χ2v) is 14.9. The van der Waals surface area contributed by atoms with Crippen LogP contribution in [-0.4, -0.2) is 9.13 Å². The van der Waals surface area contributed by atoms with E-state index in [0.29, 0.717) is 0 Å². The number of rotatable bonds is 5. The fourth-order valence-electron chi connectivity index (χ4n) is 9.26. The third-order valence-corrected chi connectivity index (χ3v) is 11.7. The summed E-state index contributed by atoms with van der Waals surface area (Å²) in [4.78, 5) is 0. The molecule has 0 radical (unpaired) electrons. The molecule has 0 N–H and O–H groups in total. The van der Waals surface area contributed by atoms with E-state index in [1.54, 1.807) is 0 Å². The maximum Gasteiger partial charge on any atom is 0.138 e. The maximum atomic E-state index is 6.68. The van der Waals surface area contributed by atoms with Crippen LogP contribution < -0.4 is 0 Å². The highest BCUT2D eigenvalue weighted by molar-refractivity contribution is 6.23. The fraction of sp³-hybridized carbons (Fsp3) is 0. The lowest BCUT2D eigenvalue weighted by Crippen LogP contribution is -1.96. The summed E-state index contributed by atoms with van der Waals surface area (Å²) in [5.74, 6) is 0. The van der Waals surface area contributed by atoms with Gasteiger partial charge in [0.05, 0.1) is 33.1 Å². The number of fused-ring (bicyclic) bond motifs is 9. The predicted octanol–water partition coefficient (Wildman–Crippen LogP) is 14.8. The van der Waals surface area contributed by atoms with Gasteiger partial charge in [0.15, 0.2) is 0 Å². The maximum absolute atomic E-state index is 6.68. The van der Waals surface area contributed by atoms with Crippen LogP contribution in [0.2, 0.25) is 0 Å². The van der Waals surface area contributed by atoms with E-state index >= 15 is 0 Å². The van der Waals surface area contributed by atoms with Crippen LogP contribution in [0, 0.1) is 0 Å². The summed E-state index contributed by atoms with van der Waals surface area (Å²) in [7, 11) is 0. The third kappa shape index (κ3) is 4.79. The Labute approximate surface area is 328 Å². The van der Waals surface area contributed by atoms with Crippen molar-refractivity contribution in [2.45, 2.75) is 0 Å². The summed E-state index contributed by atoms with van der Waals surface area (Å²) in [5.41, 5.74) is 15.8. The minimum absolute atomic E-state index is 0.872. The molecule has 3 heterocycles. The Morgan fingerprint density at radius 1 is 0.298 bits per heavy atom. The van der Waals surface area contributed by atoms with E-state index in [9.17, 15) is 0 Å². The Kier molecular flexibility index (Phi) is 6.93. The molecule has 0 fully saturated rings. The van der Waals surface area contributed by atoms with Crippen LogP contribution in [0.15, 0.2) is 211 Å². The molecule has 0 saturated heterocycles. The SMILES string of the molecule is c1ccc(-c2ccc(-c3cc(-n4c5ccccc5c5c(-c6cccc7c6c6ccccc6n7-c6ccccc6)cccc54)c4c(c3)oc3ccccc34)cc2)cc1. The first-order chi connectivity index (χ1) is 28.3. The molecule has 0 aliphatic carbocycles. The average Bonchev–Trinajstić information content (AvgIpc) is 3.95. The number of hydrogen-bond donors (Lipinski definition) is 0. The van der Waals surface area contributed by atoms with E-state index in [1.807, 2.05) is 0 Å². The van der Waals surface area contributed by atoms with E-state index in [4.69, 9.17) is 4.42 Å². The van der Waals surface area contributed by atoms with Gasteiger partial charge >= 0.3 is 0 Å². The van der Waals surface area contributed by atoms with Crippen LogP contribution in [0.4, 0.5) is 0 Å². The number of benzene rings is 9. The number of furan rings is 1. The second kappa shape index (κ2) is 12.5. The standard InChI is InChI=1S/C54H34N2O/c1-3-15-35(16-4-1)36-29-31-37(32-30-36)38-33-49(54-44-21-9-12-28-50(44)57-51(54)34-38)56-46-25-11-8-20-43(46)53-41(23-14-27-48(53)56)40-22-13-26-47-52(40)42-19-7-10-24-45(42)55(47)39-17-5-2-6-18-39/h1-34H. The zero-order valence-electron chi connectivity index (χ0n) is 30.9. The van der Waals surface area contributed by atoms with Crippen LogP contribution in [0.25, 0.3) is 110 Å². The van der Waals surface area contributed by atoms with Gasteiger partial charge in [-0.25, -0.2) is 0 Å². The van der Waals surface area contributed by atoms with Crippen molar-refractivity contribution in [3.05, 3.63) is 206 Å². The van der Waals surface area contributed by atoms with Crippen LogP contribution in [0.1, 0.15) is 0 Å². The van der Waals surface area contributed by atoms with Gasteiger partial charge in [0.2, 0.25) is 0 Å². The molecule has 12 aromatic rings. The summed E-state index contributed by atoms with van der Waals surface area (Å²) in [6, 6.07) is 74.3. The molecule has 3 aromatic heterocycles. The molecular formula is C54H34N2O. The predicted molar refractivity (Wildman–Crippen MR) is 239 cm³/mol. The minimum atomic E-state index is 0.872. The summed E-state index contributed by atoms with van der Waals surface area (Å²) < 4.78 is 11.5. The normalized spacial score (nSPS) is 11.9.